The number of morpholine rings is 1. The standard InChI is InChI=1S/C21H26N2O4/c1-25-19-11-18(12-20(13-19)26-2)21(24)22-14-16-5-3-4-6-17(16)15-23-7-9-27-10-8-23/h3-6,11-13H,7-10,14-15H2,1-2H3,(H,22,24). The molecule has 6 heteroatoms. The number of nitrogens with zero attached hydrogens (tertiary/aromatic N) is 1. The molecular weight excluding hydrogens is 344 g/mol. The van der Waals surface area contributed by atoms with E-state index < -0.39 is 0 Å². The quantitative estimate of drug-likeness (QED) is 0.811. The van der Waals surface area contributed by atoms with Crippen LogP contribution in [0.15, 0.2) is 42.5 Å². The lowest BCUT2D eigenvalue weighted by Gasteiger charge is -2.27. The third-order valence-corrected chi connectivity index (χ3v) is 4.67. The highest BCUT2D eigenvalue weighted by molar-refractivity contribution is 5.95. The smallest absolute Gasteiger partial charge is 0.251 e. The van der Waals surface area contributed by atoms with Crippen LogP contribution in [0, 0.1) is 0 Å². The Morgan fingerprint density at radius 3 is 2.30 bits per heavy atom. The molecule has 1 aliphatic rings. The van der Waals surface area contributed by atoms with Gasteiger partial charge in [0.15, 0.2) is 0 Å². The van der Waals surface area contributed by atoms with Crippen molar-refractivity contribution in [3.05, 3.63) is 59.2 Å². The molecule has 1 heterocycles. The Hall–Kier alpha value is -2.57. The molecule has 0 spiro atoms. The molecule has 1 N–H and O–H groups in total. The monoisotopic (exact) mass is 370 g/mol. The first-order valence-corrected chi connectivity index (χ1v) is 9.07. The fourth-order valence-electron chi connectivity index (χ4n) is 3.10. The number of carbonyl (C=O) groups excluding carboxylic acids is 1. The third-order valence-electron chi connectivity index (χ3n) is 4.67. The molecule has 6 nitrogen and oxygen atoms in total. The predicted molar refractivity (Wildman–Crippen MR) is 103 cm³/mol. The van der Waals surface area contributed by atoms with Crippen molar-refractivity contribution in [2.45, 2.75) is 13.1 Å². The molecule has 1 fully saturated rings. The van der Waals surface area contributed by atoms with Crippen molar-refractivity contribution in [2.24, 2.45) is 0 Å². The number of hydrogen-bond donors (Lipinski definition) is 1. The van der Waals surface area contributed by atoms with Gasteiger partial charge < -0.3 is 19.5 Å². The largest absolute Gasteiger partial charge is 0.497 e. The summed E-state index contributed by atoms with van der Waals surface area (Å²) in [6, 6.07) is 13.4. The molecule has 2 aromatic carbocycles. The number of amides is 1. The Morgan fingerprint density at radius 1 is 1.04 bits per heavy atom. The zero-order valence-corrected chi connectivity index (χ0v) is 15.9. The molecule has 0 aliphatic carbocycles. The van der Waals surface area contributed by atoms with Crippen molar-refractivity contribution in [3.8, 4) is 11.5 Å². The van der Waals surface area contributed by atoms with E-state index in [4.69, 9.17) is 14.2 Å². The van der Waals surface area contributed by atoms with Crippen LogP contribution in [0.1, 0.15) is 21.5 Å². The zero-order valence-electron chi connectivity index (χ0n) is 15.9. The van der Waals surface area contributed by atoms with Gasteiger partial charge in [-0.1, -0.05) is 24.3 Å². The van der Waals surface area contributed by atoms with Gasteiger partial charge in [0.05, 0.1) is 27.4 Å². The first-order valence-electron chi connectivity index (χ1n) is 9.07. The number of rotatable bonds is 7. The summed E-state index contributed by atoms with van der Waals surface area (Å²) in [4.78, 5) is 15.0. The van der Waals surface area contributed by atoms with E-state index in [-0.39, 0.29) is 5.91 Å². The molecule has 3 rings (SSSR count). The average Bonchev–Trinajstić information content (AvgIpc) is 2.73. The number of carbonyl (C=O) groups is 1. The van der Waals surface area contributed by atoms with Gasteiger partial charge >= 0.3 is 0 Å². The minimum absolute atomic E-state index is 0.159. The first kappa shape index (κ1) is 19.2. The van der Waals surface area contributed by atoms with E-state index >= 15 is 0 Å². The highest BCUT2D eigenvalue weighted by atomic mass is 16.5. The Bertz CT molecular complexity index is 750. The zero-order chi connectivity index (χ0) is 19.1. The van der Waals surface area contributed by atoms with E-state index in [1.54, 1.807) is 32.4 Å². The van der Waals surface area contributed by atoms with Crippen molar-refractivity contribution in [1.29, 1.82) is 0 Å². The number of benzene rings is 2. The average molecular weight is 370 g/mol. The molecule has 2 aromatic rings. The van der Waals surface area contributed by atoms with E-state index in [2.05, 4.69) is 22.3 Å². The maximum absolute atomic E-state index is 12.6. The van der Waals surface area contributed by atoms with Gasteiger partial charge in [0, 0.05) is 37.8 Å². The van der Waals surface area contributed by atoms with Crippen LogP contribution < -0.4 is 14.8 Å². The molecule has 1 amide bonds. The van der Waals surface area contributed by atoms with Crippen LogP contribution in [0.4, 0.5) is 0 Å². The van der Waals surface area contributed by atoms with Crippen molar-refractivity contribution in [1.82, 2.24) is 10.2 Å². The fourth-order valence-corrected chi connectivity index (χ4v) is 3.10. The van der Waals surface area contributed by atoms with Crippen LogP contribution in [0.3, 0.4) is 0 Å². The van der Waals surface area contributed by atoms with Crippen LogP contribution >= 0.6 is 0 Å². The maximum Gasteiger partial charge on any atom is 0.251 e. The fraction of sp³-hybridized carbons (Fsp3) is 0.381. The van der Waals surface area contributed by atoms with Gasteiger partial charge in [0.25, 0.3) is 5.91 Å². The maximum atomic E-state index is 12.6. The Kier molecular flexibility index (Phi) is 6.68. The van der Waals surface area contributed by atoms with E-state index in [1.807, 2.05) is 12.1 Å². The topological polar surface area (TPSA) is 60.0 Å². The Balaban J connectivity index is 1.67. The van der Waals surface area contributed by atoms with Gasteiger partial charge in [-0.15, -0.1) is 0 Å². The lowest BCUT2D eigenvalue weighted by atomic mass is 10.1. The van der Waals surface area contributed by atoms with Crippen LogP contribution in [0.5, 0.6) is 11.5 Å². The summed E-state index contributed by atoms with van der Waals surface area (Å²) in [6.07, 6.45) is 0. The summed E-state index contributed by atoms with van der Waals surface area (Å²) < 4.78 is 15.9. The lowest BCUT2D eigenvalue weighted by molar-refractivity contribution is 0.0340. The summed E-state index contributed by atoms with van der Waals surface area (Å²) in [5, 5.41) is 3.00. The number of nitrogens with one attached hydrogen (secondary N) is 1. The molecule has 0 atom stereocenters. The summed E-state index contributed by atoms with van der Waals surface area (Å²) in [5.41, 5.74) is 2.85. The van der Waals surface area contributed by atoms with E-state index in [9.17, 15) is 4.79 Å². The summed E-state index contributed by atoms with van der Waals surface area (Å²) in [7, 11) is 3.14. The second-order valence-corrected chi connectivity index (χ2v) is 6.44. The van der Waals surface area contributed by atoms with Crippen molar-refractivity contribution in [2.75, 3.05) is 40.5 Å². The van der Waals surface area contributed by atoms with Crippen molar-refractivity contribution < 1.29 is 19.0 Å². The van der Waals surface area contributed by atoms with Gasteiger partial charge in [-0.25, -0.2) is 0 Å². The molecular formula is C21H26N2O4. The van der Waals surface area contributed by atoms with Gasteiger partial charge in [-0.2, -0.15) is 0 Å². The summed E-state index contributed by atoms with van der Waals surface area (Å²) in [6.45, 7) is 4.75. The van der Waals surface area contributed by atoms with Crippen LogP contribution in [-0.4, -0.2) is 51.3 Å². The van der Waals surface area contributed by atoms with Crippen molar-refractivity contribution in [3.63, 3.8) is 0 Å². The molecule has 0 radical (unpaired) electrons. The minimum Gasteiger partial charge on any atom is -0.497 e. The van der Waals surface area contributed by atoms with Gasteiger partial charge in [0.2, 0.25) is 0 Å². The molecule has 0 aromatic heterocycles. The summed E-state index contributed by atoms with van der Waals surface area (Å²) in [5.74, 6) is 1.02. The Labute approximate surface area is 160 Å². The highest BCUT2D eigenvalue weighted by Gasteiger charge is 2.14. The number of ether oxygens (including phenoxy) is 3. The number of hydrogen-bond acceptors (Lipinski definition) is 5. The van der Waals surface area contributed by atoms with Crippen molar-refractivity contribution >= 4 is 5.91 Å². The molecule has 0 bridgehead atoms. The minimum atomic E-state index is -0.159. The molecule has 1 saturated heterocycles. The third kappa shape index (κ3) is 5.21. The molecule has 1 aliphatic heterocycles. The second-order valence-electron chi connectivity index (χ2n) is 6.44. The lowest BCUT2D eigenvalue weighted by Crippen LogP contribution is -2.36. The van der Waals surface area contributed by atoms with Gasteiger partial charge in [-0.05, 0) is 23.3 Å². The highest BCUT2D eigenvalue weighted by Crippen LogP contribution is 2.22. The Morgan fingerprint density at radius 2 is 1.67 bits per heavy atom. The van der Waals surface area contributed by atoms with E-state index in [1.165, 1.54) is 5.56 Å². The first-order chi connectivity index (χ1) is 13.2. The second kappa shape index (κ2) is 9.39. The van der Waals surface area contributed by atoms with Gasteiger partial charge in [0.1, 0.15) is 11.5 Å². The normalized spacial score (nSPS) is 14.6. The molecule has 0 saturated carbocycles. The van der Waals surface area contributed by atoms with Crippen LogP contribution in [0.2, 0.25) is 0 Å². The van der Waals surface area contributed by atoms with E-state index in [0.29, 0.717) is 23.6 Å². The number of methoxy groups -OCH3 is 2. The van der Waals surface area contributed by atoms with Crippen LogP contribution in [0.25, 0.3) is 0 Å². The van der Waals surface area contributed by atoms with Crippen LogP contribution in [-0.2, 0) is 17.8 Å². The van der Waals surface area contributed by atoms with Gasteiger partial charge in [-0.3, -0.25) is 9.69 Å². The SMILES string of the molecule is COc1cc(OC)cc(C(=O)NCc2ccccc2CN2CCOCC2)c1. The van der Waals surface area contributed by atoms with E-state index in [0.717, 1.165) is 38.4 Å². The molecule has 0 unspecified atom stereocenters. The predicted octanol–water partition coefficient (Wildman–Crippen LogP) is 2.47. The molecule has 144 valence electrons. The summed E-state index contributed by atoms with van der Waals surface area (Å²) >= 11 is 0. The molecule has 27 heavy (non-hydrogen) atoms.